The van der Waals surface area contributed by atoms with Gasteiger partial charge < -0.3 is 14.8 Å². The summed E-state index contributed by atoms with van der Waals surface area (Å²) in [5.41, 5.74) is 4.47. The molecule has 1 aromatic heterocycles. The number of methoxy groups -OCH3 is 2. The second-order valence-corrected chi connectivity index (χ2v) is 5.52. The summed E-state index contributed by atoms with van der Waals surface area (Å²) in [5, 5.41) is 7.15. The molecule has 0 spiro atoms. The first-order chi connectivity index (χ1) is 12.7. The van der Waals surface area contributed by atoms with E-state index in [-0.39, 0.29) is 30.7 Å². The van der Waals surface area contributed by atoms with E-state index in [0.717, 1.165) is 29.8 Å². The Kier molecular flexibility index (Phi) is 13.4. The van der Waals surface area contributed by atoms with Crippen LogP contribution in [-0.4, -0.2) is 44.4 Å². The number of hydrogen-bond acceptors (Lipinski definition) is 6. The lowest BCUT2D eigenvalue weighted by Gasteiger charge is -2.10. The summed E-state index contributed by atoms with van der Waals surface area (Å²) in [6, 6.07) is 9.52. The topological polar surface area (TPSA) is 84.8 Å². The Balaban J connectivity index is 0.00000364. The summed E-state index contributed by atoms with van der Waals surface area (Å²) in [6.07, 6.45) is 6.11. The highest BCUT2D eigenvalue weighted by Crippen LogP contribution is 2.27. The standard InChI is InChI=1S/C19H24N4O3.2ClH/c1-25-17-6-5-15(12-18(17)26-2)7-10-20-11-8-19(24)23-22-14-16-4-3-9-21-13-16;;/h3-6,9,12-14,20H,7-8,10-11H2,1-2H3,(H,23,24);2*1H/b22-14+;;. The van der Waals surface area contributed by atoms with Crippen molar-refractivity contribution >= 4 is 36.9 Å². The van der Waals surface area contributed by atoms with Crippen molar-refractivity contribution in [2.24, 2.45) is 5.10 Å². The fourth-order valence-electron chi connectivity index (χ4n) is 2.28. The van der Waals surface area contributed by atoms with Crippen LogP contribution < -0.4 is 20.2 Å². The Morgan fingerprint density at radius 2 is 1.93 bits per heavy atom. The lowest BCUT2D eigenvalue weighted by Crippen LogP contribution is -2.25. The molecule has 154 valence electrons. The number of carbonyl (C=O) groups is 1. The van der Waals surface area contributed by atoms with E-state index in [0.29, 0.717) is 18.7 Å². The molecule has 1 amide bonds. The Bertz CT molecular complexity index is 730. The number of pyridine rings is 1. The minimum Gasteiger partial charge on any atom is -0.493 e. The van der Waals surface area contributed by atoms with Gasteiger partial charge in [0.2, 0.25) is 5.91 Å². The van der Waals surface area contributed by atoms with Gasteiger partial charge >= 0.3 is 0 Å². The molecule has 1 heterocycles. The van der Waals surface area contributed by atoms with E-state index in [9.17, 15) is 4.79 Å². The third kappa shape index (κ3) is 9.03. The van der Waals surface area contributed by atoms with Crippen molar-refractivity contribution in [3.8, 4) is 11.5 Å². The number of aromatic nitrogens is 1. The summed E-state index contributed by atoms with van der Waals surface area (Å²) in [7, 11) is 3.24. The van der Waals surface area contributed by atoms with Gasteiger partial charge in [-0.25, -0.2) is 5.43 Å². The van der Waals surface area contributed by atoms with E-state index in [2.05, 4.69) is 20.8 Å². The quantitative estimate of drug-likeness (QED) is 0.345. The number of ether oxygens (including phenoxy) is 2. The summed E-state index contributed by atoms with van der Waals surface area (Å²) >= 11 is 0. The highest BCUT2D eigenvalue weighted by atomic mass is 35.5. The van der Waals surface area contributed by atoms with Gasteiger partial charge in [-0.1, -0.05) is 12.1 Å². The van der Waals surface area contributed by atoms with Crippen molar-refractivity contribution in [3.05, 3.63) is 53.9 Å². The molecule has 2 rings (SSSR count). The Labute approximate surface area is 177 Å². The molecule has 0 saturated heterocycles. The number of nitrogens with one attached hydrogen (secondary N) is 2. The van der Waals surface area contributed by atoms with Gasteiger partial charge in [-0.3, -0.25) is 9.78 Å². The van der Waals surface area contributed by atoms with Crippen molar-refractivity contribution in [1.82, 2.24) is 15.7 Å². The minimum atomic E-state index is -0.135. The van der Waals surface area contributed by atoms with Crippen molar-refractivity contribution in [2.45, 2.75) is 12.8 Å². The number of rotatable bonds is 10. The van der Waals surface area contributed by atoms with Gasteiger partial charge in [0.25, 0.3) is 0 Å². The minimum absolute atomic E-state index is 0. The lowest BCUT2D eigenvalue weighted by atomic mass is 10.1. The molecule has 28 heavy (non-hydrogen) atoms. The SMILES string of the molecule is COc1ccc(CCNCCC(=O)N/N=C/c2cccnc2)cc1OC.Cl.Cl. The first-order valence-corrected chi connectivity index (χ1v) is 8.36. The molecule has 0 aliphatic heterocycles. The van der Waals surface area contributed by atoms with Crippen LogP contribution in [0.15, 0.2) is 47.8 Å². The van der Waals surface area contributed by atoms with E-state index in [1.807, 2.05) is 30.3 Å². The largest absolute Gasteiger partial charge is 0.493 e. The fourth-order valence-corrected chi connectivity index (χ4v) is 2.28. The van der Waals surface area contributed by atoms with Crippen molar-refractivity contribution in [3.63, 3.8) is 0 Å². The van der Waals surface area contributed by atoms with E-state index < -0.39 is 0 Å². The number of amides is 1. The zero-order valence-electron chi connectivity index (χ0n) is 15.9. The van der Waals surface area contributed by atoms with Crippen LogP contribution in [-0.2, 0) is 11.2 Å². The molecule has 2 N–H and O–H groups in total. The molecule has 0 fully saturated rings. The van der Waals surface area contributed by atoms with Crippen LogP contribution in [0.4, 0.5) is 0 Å². The molecule has 2 aromatic rings. The maximum atomic E-state index is 11.7. The van der Waals surface area contributed by atoms with Gasteiger partial charge in [-0.15, -0.1) is 24.8 Å². The van der Waals surface area contributed by atoms with Gasteiger partial charge in [0.1, 0.15) is 0 Å². The molecule has 9 heteroatoms. The van der Waals surface area contributed by atoms with Crippen molar-refractivity contribution < 1.29 is 14.3 Å². The van der Waals surface area contributed by atoms with Gasteiger partial charge in [0.05, 0.1) is 20.4 Å². The average Bonchev–Trinajstić information content (AvgIpc) is 2.68. The normalized spacial score (nSPS) is 9.93. The Hall–Kier alpha value is -2.35. The van der Waals surface area contributed by atoms with Crippen LogP contribution in [0.1, 0.15) is 17.5 Å². The molecule has 0 bridgehead atoms. The Morgan fingerprint density at radius 1 is 1.14 bits per heavy atom. The molecular weight excluding hydrogens is 403 g/mol. The third-order valence-electron chi connectivity index (χ3n) is 3.65. The average molecular weight is 429 g/mol. The maximum Gasteiger partial charge on any atom is 0.241 e. The van der Waals surface area contributed by atoms with Crippen LogP contribution in [0.25, 0.3) is 0 Å². The molecule has 0 unspecified atom stereocenters. The van der Waals surface area contributed by atoms with Crippen molar-refractivity contribution in [2.75, 3.05) is 27.3 Å². The second-order valence-electron chi connectivity index (χ2n) is 5.52. The molecule has 7 nitrogen and oxygen atoms in total. The zero-order chi connectivity index (χ0) is 18.6. The summed E-state index contributed by atoms with van der Waals surface area (Å²) in [5.74, 6) is 1.30. The molecule has 0 radical (unpaired) electrons. The van der Waals surface area contributed by atoms with Gasteiger partial charge in [-0.05, 0) is 36.7 Å². The molecule has 0 aliphatic rings. The number of carbonyl (C=O) groups excluding carboxylic acids is 1. The van der Waals surface area contributed by atoms with Gasteiger partial charge in [0.15, 0.2) is 11.5 Å². The lowest BCUT2D eigenvalue weighted by molar-refractivity contribution is -0.120. The molecule has 0 aliphatic carbocycles. The zero-order valence-corrected chi connectivity index (χ0v) is 17.5. The molecule has 0 saturated carbocycles. The number of hydrogen-bond donors (Lipinski definition) is 2. The summed E-state index contributed by atoms with van der Waals surface area (Å²) in [4.78, 5) is 15.7. The molecule has 1 aromatic carbocycles. The monoisotopic (exact) mass is 428 g/mol. The van der Waals surface area contributed by atoms with Crippen LogP contribution in [0.5, 0.6) is 11.5 Å². The third-order valence-corrected chi connectivity index (χ3v) is 3.65. The van der Waals surface area contributed by atoms with Gasteiger partial charge in [-0.2, -0.15) is 5.10 Å². The fraction of sp³-hybridized carbons (Fsp3) is 0.316. The predicted molar refractivity (Wildman–Crippen MR) is 115 cm³/mol. The number of benzene rings is 1. The van der Waals surface area contributed by atoms with Crippen LogP contribution in [0.2, 0.25) is 0 Å². The highest BCUT2D eigenvalue weighted by Gasteiger charge is 2.04. The highest BCUT2D eigenvalue weighted by molar-refractivity contribution is 5.85. The van der Waals surface area contributed by atoms with Crippen LogP contribution in [0.3, 0.4) is 0 Å². The predicted octanol–water partition coefficient (Wildman–Crippen LogP) is 2.61. The van der Waals surface area contributed by atoms with E-state index >= 15 is 0 Å². The van der Waals surface area contributed by atoms with Crippen molar-refractivity contribution in [1.29, 1.82) is 0 Å². The molecule has 0 atom stereocenters. The molecular formula is C19H26Cl2N4O3. The maximum absolute atomic E-state index is 11.7. The van der Waals surface area contributed by atoms with Crippen LogP contribution in [0, 0.1) is 0 Å². The van der Waals surface area contributed by atoms with E-state index in [4.69, 9.17) is 9.47 Å². The summed E-state index contributed by atoms with van der Waals surface area (Å²) in [6.45, 7) is 1.35. The Morgan fingerprint density at radius 3 is 2.61 bits per heavy atom. The smallest absolute Gasteiger partial charge is 0.241 e. The number of halogens is 2. The summed E-state index contributed by atoms with van der Waals surface area (Å²) < 4.78 is 10.5. The first kappa shape index (κ1) is 25.6. The first-order valence-electron chi connectivity index (χ1n) is 8.36. The van der Waals surface area contributed by atoms with Crippen LogP contribution >= 0.6 is 24.8 Å². The second kappa shape index (κ2) is 14.7. The van der Waals surface area contributed by atoms with E-state index in [1.165, 1.54) is 0 Å². The van der Waals surface area contributed by atoms with E-state index in [1.54, 1.807) is 32.8 Å². The number of nitrogens with zero attached hydrogens (tertiary/aromatic N) is 2. The number of hydrazone groups is 1. The van der Waals surface area contributed by atoms with Gasteiger partial charge in [0, 0.05) is 30.9 Å².